The average molecular weight is 290 g/mol. The number of benzene rings is 2. The van der Waals surface area contributed by atoms with Crippen molar-refractivity contribution in [2.75, 3.05) is 11.9 Å². The standard InChI is InChI=1S/C16H16ClNO2/c1-11-7-8-13(17)9-15(11)18-10-14(16(19)20)12-5-3-2-4-6-12/h2-9,14,18H,10H2,1H3,(H,19,20). The number of aryl methyl sites for hydroxylation is 1. The summed E-state index contributed by atoms with van der Waals surface area (Å²) < 4.78 is 0. The lowest BCUT2D eigenvalue weighted by Crippen LogP contribution is -2.21. The third-order valence-corrected chi connectivity index (χ3v) is 3.43. The van der Waals surface area contributed by atoms with Gasteiger partial charge < -0.3 is 10.4 Å². The van der Waals surface area contributed by atoms with Crippen LogP contribution in [0.15, 0.2) is 48.5 Å². The van der Waals surface area contributed by atoms with Crippen LogP contribution in [0, 0.1) is 6.92 Å². The van der Waals surface area contributed by atoms with Gasteiger partial charge in [0.2, 0.25) is 0 Å². The molecule has 1 unspecified atom stereocenters. The Hall–Kier alpha value is -2.00. The molecule has 0 amide bonds. The van der Waals surface area contributed by atoms with Gasteiger partial charge in [0.25, 0.3) is 0 Å². The lowest BCUT2D eigenvalue weighted by Gasteiger charge is -2.16. The third kappa shape index (κ3) is 3.52. The Bertz CT molecular complexity index is 599. The highest BCUT2D eigenvalue weighted by molar-refractivity contribution is 6.30. The first kappa shape index (κ1) is 14.4. The van der Waals surface area contributed by atoms with Crippen molar-refractivity contribution in [1.82, 2.24) is 0 Å². The molecule has 0 spiro atoms. The van der Waals surface area contributed by atoms with E-state index < -0.39 is 11.9 Å². The predicted octanol–water partition coefficient (Wildman–Crippen LogP) is 3.93. The lowest BCUT2D eigenvalue weighted by molar-refractivity contribution is -0.138. The Labute approximate surface area is 123 Å². The SMILES string of the molecule is Cc1ccc(Cl)cc1NCC(C(=O)O)c1ccccc1. The first-order chi connectivity index (χ1) is 9.58. The van der Waals surface area contributed by atoms with Crippen LogP contribution in [0.5, 0.6) is 0 Å². The summed E-state index contributed by atoms with van der Waals surface area (Å²) in [4.78, 5) is 11.4. The molecule has 1 atom stereocenters. The van der Waals surface area contributed by atoms with E-state index in [9.17, 15) is 9.90 Å². The van der Waals surface area contributed by atoms with Crippen molar-refractivity contribution >= 4 is 23.3 Å². The fourth-order valence-corrected chi connectivity index (χ4v) is 2.20. The Morgan fingerprint density at radius 2 is 1.95 bits per heavy atom. The van der Waals surface area contributed by atoms with Gasteiger partial charge in [0.15, 0.2) is 0 Å². The van der Waals surface area contributed by atoms with Gasteiger partial charge >= 0.3 is 5.97 Å². The average Bonchev–Trinajstić information content (AvgIpc) is 2.43. The second-order valence-corrected chi connectivity index (χ2v) is 5.08. The number of aliphatic carboxylic acids is 1. The summed E-state index contributed by atoms with van der Waals surface area (Å²) in [5.74, 6) is -1.43. The van der Waals surface area contributed by atoms with E-state index in [2.05, 4.69) is 5.32 Å². The second kappa shape index (κ2) is 6.44. The van der Waals surface area contributed by atoms with Gasteiger partial charge in [0.1, 0.15) is 0 Å². The first-order valence-electron chi connectivity index (χ1n) is 6.35. The van der Waals surface area contributed by atoms with Crippen molar-refractivity contribution in [3.05, 3.63) is 64.7 Å². The fourth-order valence-electron chi connectivity index (χ4n) is 2.03. The molecule has 0 radical (unpaired) electrons. The molecule has 0 bridgehead atoms. The number of carbonyl (C=O) groups is 1. The zero-order chi connectivity index (χ0) is 14.5. The third-order valence-electron chi connectivity index (χ3n) is 3.20. The molecule has 0 aliphatic carbocycles. The molecule has 3 nitrogen and oxygen atoms in total. The largest absolute Gasteiger partial charge is 0.481 e. The Balaban J connectivity index is 2.14. The summed E-state index contributed by atoms with van der Waals surface area (Å²) in [6.45, 7) is 2.28. The summed E-state index contributed by atoms with van der Waals surface area (Å²) in [5.41, 5.74) is 2.68. The van der Waals surface area contributed by atoms with Gasteiger partial charge in [-0.2, -0.15) is 0 Å². The van der Waals surface area contributed by atoms with Crippen molar-refractivity contribution in [2.45, 2.75) is 12.8 Å². The number of nitrogens with one attached hydrogen (secondary N) is 1. The molecule has 2 aromatic carbocycles. The summed E-state index contributed by atoms with van der Waals surface area (Å²) in [7, 11) is 0. The second-order valence-electron chi connectivity index (χ2n) is 4.64. The van der Waals surface area contributed by atoms with Crippen molar-refractivity contribution < 1.29 is 9.90 Å². The number of hydrogen-bond acceptors (Lipinski definition) is 2. The van der Waals surface area contributed by atoms with Crippen LogP contribution in [0.25, 0.3) is 0 Å². The number of carboxylic acids is 1. The van der Waals surface area contributed by atoms with Crippen LogP contribution in [-0.2, 0) is 4.79 Å². The molecular formula is C16H16ClNO2. The van der Waals surface area contributed by atoms with Crippen molar-refractivity contribution in [3.8, 4) is 0 Å². The molecule has 0 aliphatic heterocycles. The van der Waals surface area contributed by atoms with Gasteiger partial charge in [-0.05, 0) is 30.2 Å². The maximum absolute atomic E-state index is 11.4. The molecule has 0 aromatic heterocycles. The van der Waals surface area contributed by atoms with Gasteiger partial charge in [0, 0.05) is 17.3 Å². The van der Waals surface area contributed by atoms with Crippen LogP contribution >= 0.6 is 11.6 Å². The highest BCUT2D eigenvalue weighted by atomic mass is 35.5. The number of rotatable bonds is 5. The van der Waals surface area contributed by atoms with Gasteiger partial charge in [0.05, 0.1) is 5.92 Å². The molecule has 0 saturated heterocycles. The number of hydrogen-bond donors (Lipinski definition) is 2. The molecule has 2 N–H and O–H groups in total. The van der Waals surface area contributed by atoms with Crippen LogP contribution in [0.4, 0.5) is 5.69 Å². The van der Waals surface area contributed by atoms with Crippen molar-refractivity contribution in [1.29, 1.82) is 0 Å². The molecule has 0 saturated carbocycles. The summed E-state index contributed by atoms with van der Waals surface area (Å²) in [6, 6.07) is 14.7. The maximum atomic E-state index is 11.4. The van der Waals surface area contributed by atoms with Gasteiger partial charge in [-0.1, -0.05) is 48.0 Å². The van der Waals surface area contributed by atoms with Gasteiger partial charge in [-0.25, -0.2) is 0 Å². The quantitative estimate of drug-likeness (QED) is 0.877. The van der Waals surface area contributed by atoms with E-state index in [0.29, 0.717) is 11.6 Å². The smallest absolute Gasteiger partial charge is 0.312 e. The fraction of sp³-hybridized carbons (Fsp3) is 0.188. The van der Waals surface area contributed by atoms with Crippen molar-refractivity contribution in [2.24, 2.45) is 0 Å². The highest BCUT2D eigenvalue weighted by Gasteiger charge is 2.19. The minimum Gasteiger partial charge on any atom is -0.481 e. The molecular weight excluding hydrogens is 274 g/mol. The topological polar surface area (TPSA) is 49.3 Å². The normalized spacial score (nSPS) is 11.9. The van der Waals surface area contributed by atoms with E-state index >= 15 is 0 Å². The van der Waals surface area contributed by atoms with Crippen LogP contribution in [-0.4, -0.2) is 17.6 Å². The number of anilines is 1. The van der Waals surface area contributed by atoms with E-state index in [1.807, 2.05) is 49.4 Å². The summed E-state index contributed by atoms with van der Waals surface area (Å²) >= 11 is 5.96. The van der Waals surface area contributed by atoms with E-state index in [0.717, 1.165) is 16.8 Å². The molecule has 104 valence electrons. The highest BCUT2D eigenvalue weighted by Crippen LogP contribution is 2.22. The van der Waals surface area contributed by atoms with Crippen LogP contribution < -0.4 is 5.32 Å². The molecule has 2 aromatic rings. The van der Waals surface area contributed by atoms with Gasteiger partial charge in [-0.3, -0.25) is 4.79 Å². The van der Waals surface area contributed by atoms with E-state index in [4.69, 9.17) is 11.6 Å². The zero-order valence-corrected chi connectivity index (χ0v) is 11.9. The Morgan fingerprint density at radius 3 is 2.60 bits per heavy atom. The lowest BCUT2D eigenvalue weighted by atomic mass is 9.99. The molecule has 4 heteroatoms. The zero-order valence-electron chi connectivity index (χ0n) is 11.1. The minimum absolute atomic E-state index is 0.320. The molecule has 0 aliphatic rings. The molecule has 2 rings (SSSR count). The summed E-state index contributed by atoms with van der Waals surface area (Å²) in [6.07, 6.45) is 0. The maximum Gasteiger partial charge on any atom is 0.312 e. The van der Waals surface area contributed by atoms with E-state index in [1.54, 1.807) is 6.07 Å². The summed E-state index contributed by atoms with van der Waals surface area (Å²) in [5, 5.41) is 13.2. The molecule has 20 heavy (non-hydrogen) atoms. The minimum atomic E-state index is -0.844. The van der Waals surface area contributed by atoms with Crippen LogP contribution in [0.1, 0.15) is 17.0 Å². The molecule has 0 fully saturated rings. The van der Waals surface area contributed by atoms with Gasteiger partial charge in [-0.15, -0.1) is 0 Å². The Kier molecular flexibility index (Phi) is 4.64. The monoisotopic (exact) mass is 289 g/mol. The predicted molar refractivity (Wildman–Crippen MR) is 81.5 cm³/mol. The van der Waals surface area contributed by atoms with Crippen molar-refractivity contribution in [3.63, 3.8) is 0 Å². The Morgan fingerprint density at radius 1 is 1.25 bits per heavy atom. The number of carboxylic acid groups (broad SMARTS) is 1. The van der Waals surface area contributed by atoms with Crippen LogP contribution in [0.3, 0.4) is 0 Å². The van der Waals surface area contributed by atoms with E-state index in [-0.39, 0.29) is 0 Å². The van der Waals surface area contributed by atoms with Crippen LogP contribution in [0.2, 0.25) is 5.02 Å². The van der Waals surface area contributed by atoms with E-state index in [1.165, 1.54) is 0 Å². The first-order valence-corrected chi connectivity index (χ1v) is 6.73. The number of halogens is 1. The molecule has 0 heterocycles.